The third kappa shape index (κ3) is 5.14. The number of thiazole rings is 1. The van der Waals surface area contributed by atoms with Crippen LogP contribution in [0.15, 0.2) is 74.0 Å². The quantitative estimate of drug-likeness (QED) is 0.288. The number of hydrogen-bond donors (Lipinski definition) is 0. The number of carboxylic acids is 1. The van der Waals surface area contributed by atoms with Crippen LogP contribution in [0.5, 0.6) is 11.5 Å². The van der Waals surface area contributed by atoms with Gasteiger partial charge in [-0.15, -0.1) is 0 Å². The molecule has 1 aliphatic heterocycles. The monoisotopic (exact) mass is 587 g/mol. The number of carbonyl (C=O) groups is 2. The Labute approximate surface area is 244 Å². The van der Waals surface area contributed by atoms with Crippen molar-refractivity contribution < 1.29 is 33.3 Å². The number of nitrogens with zero attached hydrogens (tertiary/aromatic N) is 2. The molecule has 11 heteroatoms. The summed E-state index contributed by atoms with van der Waals surface area (Å²) in [4.78, 5) is 43.5. The molecule has 0 amide bonds. The van der Waals surface area contributed by atoms with E-state index in [0.717, 1.165) is 16.9 Å². The smallest absolute Gasteiger partial charge is 0.338 e. The van der Waals surface area contributed by atoms with Crippen molar-refractivity contribution in [3.63, 3.8) is 0 Å². The first-order valence-corrected chi connectivity index (χ1v) is 13.8. The molecule has 1 atom stereocenters. The zero-order valence-corrected chi connectivity index (χ0v) is 24.4. The third-order valence-electron chi connectivity index (χ3n) is 6.89. The van der Waals surface area contributed by atoms with Gasteiger partial charge >= 0.3 is 5.97 Å². The molecule has 3 heterocycles. The number of methoxy groups -OCH3 is 2. The minimum atomic E-state index is -1.29. The van der Waals surface area contributed by atoms with E-state index in [2.05, 4.69) is 4.99 Å². The van der Waals surface area contributed by atoms with Gasteiger partial charge in [-0.3, -0.25) is 9.36 Å². The summed E-state index contributed by atoms with van der Waals surface area (Å²) in [5.41, 5.74) is 2.27. The Morgan fingerprint density at radius 1 is 1.10 bits per heavy atom. The molecular formula is C31H27N2O8S-. The van der Waals surface area contributed by atoms with Gasteiger partial charge in [0.2, 0.25) is 0 Å². The minimum Gasteiger partial charge on any atom is -0.545 e. The maximum atomic E-state index is 13.9. The predicted molar refractivity (Wildman–Crippen MR) is 153 cm³/mol. The number of aromatic nitrogens is 1. The van der Waals surface area contributed by atoms with Crippen molar-refractivity contribution in [3.8, 4) is 22.8 Å². The van der Waals surface area contributed by atoms with E-state index in [1.807, 2.05) is 6.92 Å². The van der Waals surface area contributed by atoms with E-state index in [9.17, 15) is 19.5 Å². The average molecular weight is 588 g/mol. The molecule has 0 saturated carbocycles. The number of ether oxygens (including phenoxy) is 3. The lowest BCUT2D eigenvalue weighted by Crippen LogP contribution is -2.40. The van der Waals surface area contributed by atoms with E-state index in [1.54, 1.807) is 56.3 Å². The summed E-state index contributed by atoms with van der Waals surface area (Å²) in [6.45, 7) is 5.40. The summed E-state index contributed by atoms with van der Waals surface area (Å²) in [5, 5.41) is 11.4. The summed E-state index contributed by atoms with van der Waals surface area (Å²) in [6.07, 6.45) is 1.59. The number of aryl methyl sites for hydroxylation is 1. The number of rotatable bonds is 8. The molecule has 0 unspecified atom stereocenters. The van der Waals surface area contributed by atoms with E-state index in [0.29, 0.717) is 49.2 Å². The van der Waals surface area contributed by atoms with E-state index >= 15 is 0 Å². The van der Waals surface area contributed by atoms with Crippen LogP contribution in [0, 0.1) is 6.92 Å². The Hall–Kier alpha value is -4.90. The fraction of sp³-hybridized carbons (Fsp3) is 0.226. The largest absolute Gasteiger partial charge is 0.545 e. The average Bonchev–Trinajstić information content (AvgIpc) is 3.56. The molecule has 10 nitrogen and oxygen atoms in total. The lowest BCUT2D eigenvalue weighted by molar-refractivity contribution is -0.255. The van der Waals surface area contributed by atoms with Crippen LogP contribution in [0.1, 0.15) is 47.1 Å². The second-order valence-corrected chi connectivity index (χ2v) is 10.4. The van der Waals surface area contributed by atoms with Crippen LogP contribution in [0.4, 0.5) is 0 Å². The molecule has 0 fully saturated rings. The maximum Gasteiger partial charge on any atom is 0.338 e. The van der Waals surface area contributed by atoms with Gasteiger partial charge in [0.05, 0.1) is 42.6 Å². The summed E-state index contributed by atoms with van der Waals surface area (Å²) < 4.78 is 24.1. The molecule has 2 aromatic carbocycles. The maximum absolute atomic E-state index is 13.9. The number of fused-ring (bicyclic) bond motifs is 1. The van der Waals surface area contributed by atoms with Crippen LogP contribution >= 0.6 is 11.3 Å². The lowest BCUT2D eigenvalue weighted by Gasteiger charge is -2.26. The molecule has 0 aliphatic carbocycles. The molecule has 1 aliphatic rings. The van der Waals surface area contributed by atoms with Crippen LogP contribution in [-0.4, -0.2) is 37.3 Å². The SMILES string of the molecule is CCOC(=O)C1=C(C)N=c2s/c(=C\c3ccc(-c4cc(C(=O)[O-])ccc4C)o3)c(=O)n2[C@H]1c1ccc(OC)cc1OC. The Kier molecular flexibility index (Phi) is 7.86. The summed E-state index contributed by atoms with van der Waals surface area (Å²) >= 11 is 1.15. The van der Waals surface area contributed by atoms with Crippen molar-refractivity contribution in [1.29, 1.82) is 0 Å². The Morgan fingerprint density at radius 3 is 2.57 bits per heavy atom. The fourth-order valence-corrected chi connectivity index (χ4v) is 5.88. The van der Waals surface area contributed by atoms with Crippen molar-refractivity contribution in [3.05, 3.63) is 102 Å². The van der Waals surface area contributed by atoms with Gasteiger partial charge in [-0.25, -0.2) is 9.79 Å². The molecule has 2 aromatic heterocycles. The number of carboxylic acid groups (broad SMARTS) is 1. The molecule has 0 N–H and O–H groups in total. The van der Waals surface area contributed by atoms with E-state index < -0.39 is 18.0 Å². The zero-order chi connectivity index (χ0) is 30.1. The fourth-order valence-electron chi connectivity index (χ4n) is 4.85. The predicted octanol–water partition coefficient (Wildman–Crippen LogP) is 2.75. The number of benzene rings is 2. The highest BCUT2D eigenvalue weighted by atomic mass is 32.1. The molecule has 0 radical (unpaired) electrons. The first kappa shape index (κ1) is 28.6. The van der Waals surface area contributed by atoms with Gasteiger partial charge < -0.3 is 28.5 Å². The van der Waals surface area contributed by atoms with Crippen LogP contribution in [-0.2, 0) is 9.53 Å². The van der Waals surface area contributed by atoms with Gasteiger partial charge in [-0.2, -0.15) is 0 Å². The van der Waals surface area contributed by atoms with E-state index in [4.69, 9.17) is 18.6 Å². The van der Waals surface area contributed by atoms with Crippen LogP contribution in [0.3, 0.4) is 0 Å². The highest BCUT2D eigenvalue weighted by Gasteiger charge is 2.35. The van der Waals surface area contributed by atoms with Gasteiger partial charge in [-0.1, -0.05) is 23.5 Å². The summed E-state index contributed by atoms with van der Waals surface area (Å²) in [6, 6.07) is 12.3. The van der Waals surface area contributed by atoms with Crippen LogP contribution in [0.25, 0.3) is 17.4 Å². The van der Waals surface area contributed by atoms with Gasteiger partial charge in [0.1, 0.15) is 29.1 Å². The van der Waals surface area contributed by atoms with Gasteiger partial charge in [-0.05, 0) is 62.2 Å². The number of hydrogen-bond acceptors (Lipinski definition) is 10. The molecule has 0 bridgehead atoms. The van der Waals surface area contributed by atoms with Gasteiger partial charge in [0.25, 0.3) is 5.56 Å². The van der Waals surface area contributed by atoms with Crippen LogP contribution < -0.4 is 29.5 Å². The number of allylic oxidation sites excluding steroid dienone is 1. The standard InChI is InChI=1S/C31H28N2O8S/c1-6-40-30(37)26-17(3)32-31-33(27(26)21-11-9-19(38-4)14-24(21)39-5)28(34)25(42-31)15-20-10-12-23(41-20)22-13-18(29(35)36)8-7-16(22)2/h7-15,27H,6H2,1-5H3,(H,35,36)/p-1/b25-15-/t27-/m0/s1. The van der Waals surface area contributed by atoms with Crippen molar-refractivity contribution in [2.75, 3.05) is 20.8 Å². The number of esters is 1. The van der Waals surface area contributed by atoms with Gasteiger partial charge in [0, 0.05) is 23.3 Å². The van der Waals surface area contributed by atoms with Crippen molar-refractivity contribution in [2.45, 2.75) is 26.8 Å². The van der Waals surface area contributed by atoms with Crippen molar-refractivity contribution in [2.24, 2.45) is 4.99 Å². The van der Waals surface area contributed by atoms with E-state index in [-0.39, 0.29) is 23.3 Å². The number of aromatic carboxylic acids is 1. The highest BCUT2D eigenvalue weighted by molar-refractivity contribution is 7.07. The lowest BCUT2D eigenvalue weighted by atomic mass is 9.95. The second-order valence-electron chi connectivity index (χ2n) is 9.43. The van der Waals surface area contributed by atoms with Crippen molar-refractivity contribution in [1.82, 2.24) is 4.57 Å². The Balaban J connectivity index is 1.66. The highest BCUT2D eigenvalue weighted by Crippen LogP contribution is 2.37. The minimum absolute atomic E-state index is 0.0311. The molecule has 42 heavy (non-hydrogen) atoms. The molecular weight excluding hydrogens is 560 g/mol. The van der Waals surface area contributed by atoms with Crippen molar-refractivity contribution >= 4 is 29.4 Å². The van der Waals surface area contributed by atoms with Crippen LogP contribution in [0.2, 0.25) is 0 Å². The summed E-state index contributed by atoms with van der Waals surface area (Å²) in [5.74, 6) is -0.0691. The topological polar surface area (TPSA) is 132 Å². The molecule has 4 aromatic rings. The summed E-state index contributed by atoms with van der Waals surface area (Å²) in [7, 11) is 3.04. The molecule has 0 spiro atoms. The Morgan fingerprint density at radius 2 is 1.88 bits per heavy atom. The second kappa shape index (κ2) is 11.5. The number of carbonyl (C=O) groups excluding carboxylic acids is 2. The van der Waals surface area contributed by atoms with E-state index in [1.165, 1.54) is 30.9 Å². The first-order chi connectivity index (χ1) is 20.2. The number of furan rings is 1. The molecule has 5 rings (SSSR count). The third-order valence-corrected chi connectivity index (χ3v) is 7.87. The van der Waals surface area contributed by atoms with Gasteiger partial charge in [0.15, 0.2) is 4.80 Å². The first-order valence-electron chi connectivity index (χ1n) is 13.0. The zero-order valence-electron chi connectivity index (χ0n) is 23.5. The normalized spacial score (nSPS) is 14.8. The Bertz CT molecular complexity index is 1930. The molecule has 216 valence electrons. The molecule has 0 saturated heterocycles.